The molecule has 0 spiro atoms. The Hall–Kier alpha value is -1.42. The number of rotatable bonds is 7. The summed E-state index contributed by atoms with van der Waals surface area (Å²) in [7, 11) is 1.94. The van der Waals surface area contributed by atoms with Gasteiger partial charge in [0.1, 0.15) is 5.82 Å². The zero-order valence-corrected chi connectivity index (χ0v) is 11.1. The molecule has 2 rings (SSSR count). The molecule has 0 radical (unpaired) electrons. The fraction of sp³-hybridized carbons (Fsp3) is 0.571. The van der Waals surface area contributed by atoms with Crippen molar-refractivity contribution in [2.45, 2.75) is 19.8 Å². The Morgan fingerprint density at radius 1 is 1.56 bits per heavy atom. The summed E-state index contributed by atoms with van der Waals surface area (Å²) in [5.74, 6) is 1.57. The van der Waals surface area contributed by atoms with Gasteiger partial charge >= 0.3 is 0 Å². The van der Waals surface area contributed by atoms with Gasteiger partial charge in [0.2, 0.25) is 0 Å². The number of ketones is 1. The minimum absolute atomic E-state index is 0.0452. The van der Waals surface area contributed by atoms with E-state index in [9.17, 15) is 4.79 Å². The number of nitrogens with zero attached hydrogens (tertiary/aromatic N) is 2. The van der Waals surface area contributed by atoms with Gasteiger partial charge in [-0.15, -0.1) is 0 Å². The second kappa shape index (κ2) is 5.96. The highest BCUT2D eigenvalue weighted by Crippen LogP contribution is 2.28. The van der Waals surface area contributed by atoms with Crippen LogP contribution in [0.4, 0.5) is 5.82 Å². The number of carbonyl (C=O) groups is 1. The largest absolute Gasteiger partial charge is 0.379 e. The Bertz CT molecular complexity index is 416. The van der Waals surface area contributed by atoms with E-state index in [0.717, 1.165) is 24.9 Å². The molecule has 1 aliphatic rings. The molecule has 0 N–H and O–H groups in total. The van der Waals surface area contributed by atoms with Gasteiger partial charge in [0, 0.05) is 26.4 Å². The fourth-order valence-corrected chi connectivity index (χ4v) is 1.82. The third-order valence-electron chi connectivity index (χ3n) is 3.15. The lowest BCUT2D eigenvalue weighted by Gasteiger charge is -2.20. The first-order valence-corrected chi connectivity index (χ1v) is 6.43. The second-order valence-electron chi connectivity index (χ2n) is 4.87. The average Bonchev–Trinajstić information content (AvgIpc) is 3.18. The molecule has 1 aromatic rings. The molecular weight excluding hydrogens is 228 g/mol. The maximum absolute atomic E-state index is 11.5. The molecule has 0 saturated heterocycles. The minimum atomic E-state index is 0.0452. The maximum atomic E-state index is 11.5. The zero-order chi connectivity index (χ0) is 13.0. The number of pyridine rings is 1. The number of likely N-dealkylation sites (N-methyl/N-ethyl adjacent to an activating group) is 1. The van der Waals surface area contributed by atoms with Crippen LogP contribution >= 0.6 is 0 Å². The first-order valence-electron chi connectivity index (χ1n) is 6.43. The van der Waals surface area contributed by atoms with Crippen LogP contribution in [0.2, 0.25) is 0 Å². The van der Waals surface area contributed by atoms with Crippen molar-refractivity contribution in [3.8, 4) is 0 Å². The number of aromatic nitrogens is 1. The minimum Gasteiger partial charge on any atom is -0.379 e. The van der Waals surface area contributed by atoms with Crippen molar-refractivity contribution in [3.63, 3.8) is 0 Å². The normalized spacial score (nSPS) is 14.6. The molecule has 0 unspecified atom stereocenters. The Balaban J connectivity index is 1.86. The van der Waals surface area contributed by atoms with Crippen molar-refractivity contribution in [1.82, 2.24) is 4.98 Å². The van der Waals surface area contributed by atoms with Crippen LogP contribution < -0.4 is 4.90 Å². The topological polar surface area (TPSA) is 42.4 Å². The molecule has 0 aromatic carbocycles. The first kappa shape index (κ1) is 13.0. The Labute approximate surface area is 108 Å². The Morgan fingerprint density at radius 2 is 2.33 bits per heavy atom. The highest BCUT2D eigenvalue weighted by atomic mass is 16.5. The highest BCUT2D eigenvalue weighted by molar-refractivity contribution is 5.98. The van der Waals surface area contributed by atoms with Crippen LogP contribution in [-0.2, 0) is 4.74 Å². The molecule has 1 saturated carbocycles. The Morgan fingerprint density at radius 3 is 3.00 bits per heavy atom. The summed E-state index contributed by atoms with van der Waals surface area (Å²) in [4.78, 5) is 17.8. The zero-order valence-electron chi connectivity index (χ0n) is 11.1. The summed E-state index contributed by atoms with van der Waals surface area (Å²) >= 11 is 0. The predicted molar refractivity (Wildman–Crippen MR) is 71.1 cm³/mol. The van der Waals surface area contributed by atoms with E-state index in [2.05, 4.69) is 4.98 Å². The summed E-state index contributed by atoms with van der Waals surface area (Å²) in [6, 6.07) is 3.60. The third kappa shape index (κ3) is 3.53. The molecule has 4 nitrogen and oxygen atoms in total. The SMILES string of the molecule is CC(=O)c1cccnc1N(C)CCOCC1CC1. The molecule has 0 amide bonds. The van der Waals surface area contributed by atoms with E-state index in [4.69, 9.17) is 4.74 Å². The quantitative estimate of drug-likeness (QED) is 0.547. The van der Waals surface area contributed by atoms with Crippen LogP contribution in [0.15, 0.2) is 18.3 Å². The van der Waals surface area contributed by atoms with Crippen LogP contribution in [0.1, 0.15) is 30.1 Å². The summed E-state index contributed by atoms with van der Waals surface area (Å²) in [5, 5.41) is 0. The number of Topliss-reactive ketones (excluding diaryl/α,β-unsaturated/α-hetero) is 1. The number of ether oxygens (including phenoxy) is 1. The Kier molecular flexibility index (Phi) is 4.31. The van der Waals surface area contributed by atoms with Gasteiger partial charge in [0.15, 0.2) is 5.78 Å². The highest BCUT2D eigenvalue weighted by Gasteiger charge is 2.21. The summed E-state index contributed by atoms with van der Waals surface area (Å²) in [5.41, 5.74) is 0.669. The first-order chi connectivity index (χ1) is 8.68. The van der Waals surface area contributed by atoms with Crippen LogP contribution in [-0.4, -0.2) is 37.6 Å². The molecule has 1 aliphatic carbocycles. The van der Waals surface area contributed by atoms with E-state index < -0.39 is 0 Å². The molecular formula is C14H20N2O2. The summed E-state index contributed by atoms with van der Waals surface area (Å²) in [6.45, 7) is 3.87. The van der Waals surface area contributed by atoms with Crippen LogP contribution in [0.25, 0.3) is 0 Å². The van der Waals surface area contributed by atoms with E-state index >= 15 is 0 Å². The van der Waals surface area contributed by atoms with Gasteiger partial charge in [-0.2, -0.15) is 0 Å². The maximum Gasteiger partial charge on any atom is 0.163 e. The molecule has 4 heteroatoms. The van der Waals surface area contributed by atoms with Gasteiger partial charge in [0.25, 0.3) is 0 Å². The van der Waals surface area contributed by atoms with Crippen molar-refractivity contribution >= 4 is 11.6 Å². The number of hydrogen-bond donors (Lipinski definition) is 0. The smallest absolute Gasteiger partial charge is 0.163 e. The number of anilines is 1. The van der Waals surface area contributed by atoms with Gasteiger partial charge in [0.05, 0.1) is 12.2 Å². The van der Waals surface area contributed by atoms with Gasteiger partial charge in [-0.05, 0) is 37.8 Å². The second-order valence-corrected chi connectivity index (χ2v) is 4.87. The molecule has 0 bridgehead atoms. The van der Waals surface area contributed by atoms with Gasteiger partial charge in [-0.25, -0.2) is 4.98 Å². The van der Waals surface area contributed by atoms with E-state index in [-0.39, 0.29) is 5.78 Å². The van der Waals surface area contributed by atoms with Crippen molar-refractivity contribution in [2.75, 3.05) is 31.7 Å². The fourth-order valence-electron chi connectivity index (χ4n) is 1.82. The molecule has 98 valence electrons. The molecule has 1 heterocycles. The van der Waals surface area contributed by atoms with E-state index in [1.54, 1.807) is 19.2 Å². The lowest BCUT2D eigenvalue weighted by Crippen LogP contribution is -2.25. The number of hydrogen-bond acceptors (Lipinski definition) is 4. The van der Waals surface area contributed by atoms with E-state index in [0.29, 0.717) is 12.2 Å². The standard InChI is InChI=1S/C14H20N2O2/c1-11(17)13-4-3-7-15-14(13)16(2)8-9-18-10-12-5-6-12/h3-4,7,12H,5-6,8-10H2,1-2H3. The molecule has 1 aromatic heterocycles. The average molecular weight is 248 g/mol. The molecule has 0 aliphatic heterocycles. The van der Waals surface area contributed by atoms with E-state index in [1.807, 2.05) is 18.0 Å². The molecule has 0 atom stereocenters. The van der Waals surface area contributed by atoms with Crippen LogP contribution in [0.5, 0.6) is 0 Å². The van der Waals surface area contributed by atoms with Crippen molar-refractivity contribution in [2.24, 2.45) is 5.92 Å². The predicted octanol–water partition coefficient (Wildman–Crippen LogP) is 2.15. The monoisotopic (exact) mass is 248 g/mol. The lowest BCUT2D eigenvalue weighted by atomic mass is 10.2. The van der Waals surface area contributed by atoms with E-state index in [1.165, 1.54) is 12.8 Å². The van der Waals surface area contributed by atoms with Gasteiger partial charge in [-0.3, -0.25) is 4.79 Å². The van der Waals surface area contributed by atoms with Crippen molar-refractivity contribution < 1.29 is 9.53 Å². The lowest BCUT2D eigenvalue weighted by molar-refractivity contribution is 0.101. The van der Waals surface area contributed by atoms with Crippen LogP contribution in [0.3, 0.4) is 0 Å². The van der Waals surface area contributed by atoms with Gasteiger partial charge < -0.3 is 9.64 Å². The van der Waals surface area contributed by atoms with Crippen LogP contribution in [0, 0.1) is 5.92 Å². The summed E-state index contributed by atoms with van der Waals surface area (Å²) in [6.07, 6.45) is 4.33. The number of carbonyl (C=O) groups excluding carboxylic acids is 1. The van der Waals surface area contributed by atoms with Gasteiger partial charge in [-0.1, -0.05) is 0 Å². The molecule has 1 fully saturated rings. The molecule has 18 heavy (non-hydrogen) atoms. The van der Waals surface area contributed by atoms with Crippen molar-refractivity contribution in [3.05, 3.63) is 23.9 Å². The van der Waals surface area contributed by atoms with Crippen molar-refractivity contribution in [1.29, 1.82) is 0 Å². The summed E-state index contributed by atoms with van der Waals surface area (Å²) < 4.78 is 5.60. The third-order valence-corrected chi connectivity index (χ3v) is 3.15.